The summed E-state index contributed by atoms with van der Waals surface area (Å²) < 4.78 is 12.1. The maximum Gasteiger partial charge on any atom is 0.336 e. The van der Waals surface area contributed by atoms with Crippen molar-refractivity contribution in [1.29, 1.82) is 0 Å². The number of ether oxygens (including phenoxy) is 1. The fourth-order valence-electron chi connectivity index (χ4n) is 4.25. The van der Waals surface area contributed by atoms with Crippen LogP contribution >= 0.6 is 23.2 Å². The lowest BCUT2D eigenvalue weighted by atomic mass is 9.91. The zero-order valence-electron chi connectivity index (χ0n) is 19.1. The number of aromatic carboxylic acids is 1. The number of halogens is 2. The summed E-state index contributed by atoms with van der Waals surface area (Å²) in [5.41, 5.74) is 2.65. The van der Waals surface area contributed by atoms with E-state index >= 15 is 0 Å². The molecule has 0 atom stereocenters. The molecule has 1 heterocycles. The maximum atomic E-state index is 12.3. The van der Waals surface area contributed by atoms with Gasteiger partial charge in [-0.2, -0.15) is 0 Å². The van der Waals surface area contributed by atoms with E-state index in [9.17, 15) is 19.8 Å². The topological polar surface area (TPSA) is 97.0 Å². The van der Waals surface area contributed by atoms with Crippen molar-refractivity contribution < 1.29 is 24.2 Å². The Morgan fingerprint density at radius 3 is 2.31 bits per heavy atom. The second kappa shape index (κ2) is 8.90. The molecule has 1 aliphatic carbocycles. The fourth-order valence-corrected chi connectivity index (χ4v) is 4.62. The maximum absolute atomic E-state index is 12.3. The predicted octanol–water partition coefficient (Wildman–Crippen LogP) is 7.68. The molecule has 36 heavy (non-hydrogen) atoms. The first-order chi connectivity index (χ1) is 17.1. The third-order valence-corrected chi connectivity index (χ3v) is 6.54. The molecule has 0 amide bonds. The molecule has 3 aromatic carbocycles. The Morgan fingerprint density at radius 1 is 0.917 bits per heavy atom. The Hall–Kier alpha value is -4.00. The molecule has 1 aliphatic heterocycles. The number of rotatable bonds is 4. The van der Waals surface area contributed by atoms with Crippen molar-refractivity contribution in [2.45, 2.75) is 13.8 Å². The Labute approximate surface area is 215 Å². The molecular weight excluding hydrogens is 503 g/mol. The molecule has 3 aromatic rings. The largest absolute Gasteiger partial charge is 0.507 e. The summed E-state index contributed by atoms with van der Waals surface area (Å²) in [6.07, 6.45) is 0. The molecule has 5 rings (SSSR count). The van der Waals surface area contributed by atoms with Crippen LogP contribution in [0.25, 0.3) is 33.4 Å². The molecular formula is C28H18Cl2O6. The minimum Gasteiger partial charge on any atom is -0.507 e. The summed E-state index contributed by atoms with van der Waals surface area (Å²) in [5, 5.41) is 20.6. The number of phenols is 1. The van der Waals surface area contributed by atoms with Crippen LogP contribution in [0.3, 0.4) is 0 Å². The molecule has 0 aromatic heterocycles. The normalized spacial score (nSPS) is 11.2. The third kappa shape index (κ3) is 4.04. The van der Waals surface area contributed by atoms with Crippen molar-refractivity contribution in [1.82, 2.24) is 0 Å². The second-order valence-corrected chi connectivity index (χ2v) is 9.21. The molecule has 0 unspecified atom stereocenters. The minimum atomic E-state index is -1.11. The fraction of sp³-hybridized carbons (Fsp3) is 0.0714. The van der Waals surface area contributed by atoms with Crippen molar-refractivity contribution in [2.24, 2.45) is 0 Å². The zero-order chi connectivity index (χ0) is 25.7. The molecule has 0 saturated carbocycles. The highest BCUT2D eigenvalue weighted by molar-refractivity contribution is 6.33. The number of carbonyl (C=O) groups is 1. The Balaban J connectivity index is 1.81. The van der Waals surface area contributed by atoms with Crippen molar-refractivity contribution in [3.05, 3.63) is 97.6 Å². The van der Waals surface area contributed by atoms with E-state index in [1.165, 1.54) is 18.2 Å². The van der Waals surface area contributed by atoms with E-state index in [1.54, 1.807) is 56.3 Å². The highest BCUT2D eigenvalue weighted by Gasteiger charge is 2.24. The molecule has 180 valence electrons. The lowest BCUT2D eigenvalue weighted by Crippen LogP contribution is -2.05. The summed E-state index contributed by atoms with van der Waals surface area (Å²) in [6, 6.07) is 15.8. The first kappa shape index (κ1) is 23.7. The number of phenolic OH excluding ortho intramolecular Hbond substituents is 1. The van der Waals surface area contributed by atoms with E-state index in [0.29, 0.717) is 44.5 Å². The average molecular weight is 521 g/mol. The van der Waals surface area contributed by atoms with Gasteiger partial charge in [-0.25, -0.2) is 4.79 Å². The molecule has 0 bridgehead atoms. The standard InChI is InChI=1S/C28H18Cl2O6/c1-13-7-15(8-14(2)27(13)32)35-25-12-24-19(10-21(25)30)26(16-5-3-4-6-17(16)28(33)34)18-9-20(29)22(31)11-23(18)36-24/h3-12,32H,1-2H3,(H,33,34). The number of hydrogen-bond acceptors (Lipinski definition) is 5. The number of benzene rings is 4. The number of aromatic hydroxyl groups is 1. The van der Waals surface area contributed by atoms with Gasteiger partial charge in [-0.05, 0) is 60.9 Å². The number of carboxylic acid groups (broad SMARTS) is 1. The van der Waals surface area contributed by atoms with Crippen LogP contribution in [0.4, 0.5) is 0 Å². The molecule has 0 spiro atoms. The lowest BCUT2D eigenvalue weighted by molar-refractivity contribution is 0.0697. The lowest BCUT2D eigenvalue weighted by Gasteiger charge is -2.18. The number of aryl methyl sites for hydroxylation is 2. The van der Waals surface area contributed by atoms with Crippen LogP contribution in [-0.2, 0) is 0 Å². The first-order valence-corrected chi connectivity index (χ1v) is 11.6. The smallest absolute Gasteiger partial charge is 0.336 e. The van der Waals surface area contributed by atoms with Crippen LogP contribution in [-0.4, -0.2) is 16.2 Å². The van der Waals surface area contributed by atoms with Crippen molar-refractivity contribution >= 4 is 40.1 Å². The van der Waals surface area contributed by atoms with E-state index in [2.05, 4.69) is 0 Å². The number of hydrogen-bond donors (Lipinski definition) is 2. The van der Waals surface area contributed by atoms with Crippen LogP contribution in [0.5, 0.6) is 17.2 Å². The first-order valence-electron chi connectivity index (χ1n) is 10.8. The molecule has 0 fully saturated rings. The SMILES string of the molecule is Cc1cc(Oc2cc3oc4cc(=O)c(Cl)cc-4c(-c4ccccc4C(=O)O)c3cc2Cl)cc(C)c1O. The van der Waals surface area contributed by atoms with Gasteiger partial charge in [0.25, 0.3) is 0 Å². The Morgan fingerprint density at radius 2 is 1.61 bits per heavy atom. The number of fused-ring (bicyclic) bond motifs is 2. The van der Waals surface area contributed by atoms with Gasteiger partial charge in [0, 0.05) is 28.6 Å². The summed E-state index contributed by atoms with van der Waals surface area (Å²) >= 11 is 12.8. The van der Waals surface area contributed by atoms with Gasteiger partial charge in [0.1, 0.15) is 28.6 Å². The molecule has 2 N–H and O–H groups in total. The molecule has 0 saturated heterocycles. The van der Waals surface area contributed by atoms with E-state index in [0.717, 1.165) is 0 Å². The van der Waals surface area contributed by atoms with Gasteiger partial charge >= 0.3 is 5.97 Å². The van der Waals surface area contributed by atoms with Crippen molar-refractivity contribution in [3.63, 3.8) is 0 Å². The quantitative estimate of drug-likeness (QED) is 0.236. The Kier molecular flexibility index (Phi) is 5.86. The third-order valence-electron chi connectivity index (χ3n) is 5.95. The molecule has 0 radical (unpaired) electrons. The van der Waals surface area contributed by atoms with Gasteiger partial charge in [0.15, 0.2) is 0 Å². The van der Waals surface area contributed by atoms with E-state index in [4.69, 9.17) is 32.4 Å². The molecule has 2 aliphatic rings. The number of carboxylic acids is 1. The van der Waals surface area contributed by atoms with Crippen LogP contribution in [0.2, 0.25) is 10.0 Å². The minimum absolute atomic E-state index is 0.0183. The van der Waals surface area contributed by atoms with Crippen LogP contribution in [0.1, 0.15) is 21.5 Å². The summed E-state index contributed by atoms with van der Waals surface area (Å²) in [4.78, 5) is 24.3. The van der Waals surface area contributed by atoms with Crippen LogP contribution in [0.15, 0.2) is 69.9 Å². The summed E-state index contributed by atoms with van der Waals surface area (Å²) in [6.45, 7) is 3.52. The van der Waals surface area contributed by atoms with E-state index in [-0.39, 0.29) is 32.9 Å². The molecule has 8 heteroatoms. The monoisotopic (exact) mass is 520 g/mol. The van der Waals surface area contributed by atoms with Crippen LogP contribution < -0.4 is 10.2 Å². The predicted molar refractivity (Wildman–Crippen MR) is 139 cm³/mol. The van der Waals surface area contributed by atoms with Gasteiger partial charge in [0.05, 0.1) is 15.6 Å². The van der Waals surface area contributed by atoms with Gasteiger partial charge in [-0.1, -0.05) is 41.4 Å². The highest BCUT2D eigenvalue weighted by atomic mass is 35.5. The van der Waals surface area contributed by atoms with Crippen molar-refractivity contribution in [3.8, 4) is 39.7 Å². The van der Waals surface area contributed by atoms with Gasteiger partial charge < -0.3 is 19.4 Å². The van der Waals surface area contributed by atoms with E-state index in [1.807, 2.05) is 0 Å². The van der Waals surface area contributed by atoms with Gasteiger partial charge in [0.2, 0.25) is 5.43 Å². The van der Waals surface area contributed by atoms with Crippen LogP contribution in [0, 0.1) is 13.8 Å². The van der Waals surface area contributed by atoms with Crippen molar-refractivity contribution in [2.75, 3.05) is 0 Å². The summed E-state index contributed by atoms with van der Waals surface area (Å²) in [5.74, 6) is 0.0581. The second-order valence-electron chi connectivity index (χ2n) is 8.39. The van der Waals surface area contributed by atoms with Gasteiger partial charge in [-0.3, -0.25) is 4.79 Å². The van der Waals surface area contributed by atoms with Gasteiger partial charge in [-0.15, -0.1) is 0 Å². The van der Waals surface area contributed by atoms with E-state index < -0.39 is 11.4 Å². The highest BCUT2D eigenvalue weighted by Crippen LogP contribution is 2.45. The zero-order valence-corrected chi connectivity index (χ0v) is 20.6. The molecule has 6 nitrogen and oxygen atoms in total. The summed E-state index contributed by atoms with van der Waals surface area (Å²) in [7, 11) is 0. The average Bonchev–Trinajstić information content (AvgIpc) is 2.83. The Bertz CT molecular complexity index is 1700.